The number of nitrogens with zero attached hydrogens (tertiary/aromatic N) is 3. The van der Waals surface area contributed by atoms with Crippen LogP contribution in [0.2, 0.25) is 0 Å². The van der Waals surface area contributed by atoms with Crippen LogP contribution in [0.5, 0.6) is 11.5 Å². The van der Waals surface area contributed by atoms with Gasteiger partial charge in [0.25, 0.3) is 5.91 Å². The molecule has 3 aromatic rings. The fraction of sp³-hybridized carbons (Fsp3) is 0.150. The van der Waals surface area contributed by atoms with Crippen LogP contribution >= 0.6 is 0 Å². The van der Waals surface area contributed by atoms with Crippen molar-refractivity contribution in [1.29, 1.82) is 0 Å². The summed E-state index contributed by atoms with van der Waals surface area (Å²) in [4.78, 5) is 46.3. The van der Waals surface area contributed by atoms with Crippen LogP contribution in [0.3, 0.4) is 0 Å². The molecule has 1 N–H and O–H groups in total. The third-order valence-electron chi connectivity index (χ3n) is 4.97. The first-order valence-electron chi connectivity index (χ1n) is 8.79. The summed E-state index contributed by atoms with van der Waals surface area (Å²) in [6.45, 7) is 0. The lowest BCUT2D eigenvalue weighted by molar-refractivity contribution is -0.134. The number of hydrogen-bond acceptors (Lipinski definition) is 6. The Hall–Kier alpha value is -3.81. The number of piperidine rings is 1. The van der Waals surface area contributed by atoms with Gasteiger partial charge in [0.05, 0.1) is 18.1 Å². The summed E-state index contributed by atoms with van der Waals surface area (Å²) in [5.74, 6) is 0.0230. The molecule has 0 spiro atoms. The highest BCUT2D eigenvalue weighted by Crippen LogP contribution is 2.43. The topological polar surface area (TPSA) is 101 Å². The van der Waals surface area contributed by atoms with Crippen molar-refractivity contribution < 1.29 is 19.1 Å². The van der Waals surface area contributed by atoms with Gasteiger partial charge in [-0.05, 0) is 24.6 Å². The normalized spacial score (nSPS) is 18.5. The third kappa shape index (κ3) is 2.42. The van der Waals surface area contributed by atoms with Crippen molar-refractivity contribution in [3.05, 3.63) is 54.6 Å². The predicted molar refractivity (Wildman–Crippen MR) is 99.0 cm³/mol. The SMILES string of the molecule is O=C1CCC(N2C(=O)c3cccc4c(Oc5cncnc5)ccc2c34)C(=O)N1. The molecule has 0 aliphatic carbocycles. The zero-order valence-electron chi connectivity index (χ0n) is 14.6. The highest BCUT2D eigenvalue weighted by Gasteiger charge is 2.40. The fourth-order valence-corrected chi connectivity index (χ4v) is 3.77. The Balaban J connectivity index is 1.61. The maximum Gasteiger partial charge on any atom is 0.259 e. The van der Waals surface area contributed by atoms with Crippen LogP contribution in [0.25, 0.3) is 10.8 Å². The summed E-state index contributed by atoms with van der Waals surface area (Å²) in [5.41, 5.74) is 1.15. The monoisotopic (exact) mass is 374 g/mol. The number of amides is 3. The van der Waals surface area contributed by atoms with Gasteiger partial charge in [-0.15, -0.1) is 0 Å². The van der Waals surface area contributed by atoms with E-state index in [0.29, 0.717) is 29.2 Å². The lowest BCUT2D eigenvalue weighted by Crippen LogP contribution is -2.53. The van der Waals surface area contributed by atoms with Crippen LogP contribution in [0.15, 0.2) is 49.1 Å². The van der Waals surface area contributed by atoms with Crippen molar-refractivity contribution in [2.24, 2.45) is 0 Å². The van der Waals surface area contributed by atoms with E-state index >= 15 is 0 Å². The van der Waals surface area contributed by atoms with Gasteiger partial charge in [0.2, 0.25) is 11.8 Å². The number of carbonyl (C=O) groups excluding carboxylic acids is 3. The average molecular weight is 374 g/mol. The maximum atomic E-state index is 13.1. The number of imide groups is 1. The molecule has 1 saturated heterocycles. The van der Waals surface area contributed by atoms with Crippen LogP contribution in [0.1, 0.15) is 23.2 Å². The van der Waals surface area contributed by atoms with Crippen LogP contribution in [0.4, 0.5) is 5.69 Å². The standard InChI is InChI=1S/C20H14N4O4/c25-17-7-5-15(19(26)23-17)24-14-4-6-16(28-11-8-21-10-22-9-11)12-2-1-3-13(18(12)14)20(24)27/h1-4,6,8-10,15H,5,7H2,(H,23,25,26). The molecular weight excluding hydrogens is 360 g/mol. The second-order valence-corrected chi connectivity index (χ2v) is 6.63. The molecule has 1 unspecified atom stereocenters. The maximum absolute atomic E-state index is 13.1. The van der Waals surface area contributed by atoms with E-state index in [1.54, 1.807) is 36.7 Å². The van der Waals surface area contributed by atoms with Crippen molar-refractivity contribution in [1.82, 2.24) is 15.3 Å². The van der Waals surface area contributed by atoms with E-state index in [1.807, 2.05) is 6.07 Å². The smallest absolute Gasteiger partial charge is 0.259 e. The molecule has 2 aliphatic heterocycles. The second-order valence-electron chi connectivity index (χ2n) is 6.63. The first-order chi connectivity index (χ1) is 13.6. The van der Waals surface area contributed by atoms with Crippen LogP contribution in [0, 0.1) is 0 Å². The molecule has 3 heterocycles. The first-order valence-corrected chi connectivity index (χ1v) is 8.79. The molecule has 5 rings (SSSR count). The van der Waals surface area contributed by atoms with Crippen molar-refractivity contribution in [2.75, 3.05) is 4.90 Å². The molecule has 2 aromatic carbocycles. The van der Waals surface area contributed by atoms with E-state index in [-0.39, 0.29) is 18.2 Å². The average Bonchev–Trinajstić information content (AvgIpc) is 2.98. The van der Waals surface area contributed by atoms with Gasteiger partial charge < -0.3 is 4.74 Å². The van der Waals surface area contributed by atoms with E-state index in [2.05, 4.69) is 15.3 Å². The summed E-state index contributed by atoms with van der Waals surface area (Å²) < 4.78 is 5.90. The Morgan fingerprint density at radius 1 is 1.07 bits per heavy atom. The number of carbonyl (C=O) groups is 3. The van der Waals surface area contributed by atoms with E-state index in [9.17, 15) is 14.4 Å². The molecule has 0 radical (unpaired) electrons. The molecule has 1 atom stereocenters. The quantitative estimate of drug-likeness (QED) is 0.705. The van der Waals surface area contributed by atoms with E-state index in [0.717, 1.165) is 10.8 Å². The number of rotatable bonds is 3. The van der Waals surface area contributed by atoms with Crippen LogP contribution in [-0.2, 0) is 9.59 Å². The summed E-state index contributed by atoms with van der Waals surface area (Å²) >= 11 is 0. The van der Waals surface area contributed by atoms with Gasteiger partial charge in [0, 0.05) is 22.8 Å². The van der Waals surface area contributed by atoms with Gasteiger partial charge in [0.15, 0.2) is 5.75 Å². The molecule has 2 aliphatic rings. The lowest BCUT2D eigenvalue weighted by Gasteiger charge is -2.30. The Kier molecular flexibility index (Phi) is 3.58. The van der Waals surface area contributed by atoms with Crippen molar-refractivity contribution in [2.45, 2.75) is 18.9 Å². The molecule has 3 amide bonds. The number of nitrogens with one attached hydrogen (secondary N) is 1. The lowest BCUT2D eigenvalue weighted by atomic mass is 10.0. The minimum atomic E-state index is -0.713. The molecule has 8 heteroatoms. The molecule has 0 saturated carbocycles. The summed E-state index contributed by atoms with van der Waals surface area (Å²) in [7, 11) is 0. The Bertz CT molecular complexity index is 1150. The molecule has 0 bridgehead atoms. The molecular formula is C20H14N4O4. The Morgan fingerprint density at radius 3 is 2.68 bits per heavy atom. The van der Waals surface area contributed by atoms with Gasteiger partial charge >= 0.3 is 0 Å². The second kappa shape index (κ2) is 6.12. The number of benzene rings is 2. The van der Waals surface area contributed by atoms with Gasteiger partial charge in [-0.2, -0.15) is 0 Å². The van der Waals surface area contributed by atoms with Crippen LogP contribution in [-0.4, -0.2) is 33.7 Å². The van der Waals surface area contributed by atoms with E-state index < -0.39 is 11.9 Å². The first kappa shape index (κ1) is 16.4. The van der Waals surface area contributed by atoms with E-state index in [4.69, 9.17) is 4.74 Å². The minimum Gasteiger partial charge on any atom is -0.453 e. The molecule has 1 aromatic heterocycles. The van der Waals surface area contributed by atoms with Gasteiger partial charge in [0.1, 0.15) is 18.1 Å². The summed E-state index contributed by atoms with van der Waals surface area (Å²) in [5, 5.41) is 3.80. The zero-order valence-corrected chi connectivity index (χ0v) is 14.6. The highest BCUT2D eigenvalue weighted by atomic mass is 16.5. The summed E-state index contributed by atoms with van der Waals surface area (Å²) in [6.07, 6.45) is 5.02. The van der Waals surface area contributed by atoms with Crippen molar-refractivity contribution in [3.63, 3.8) is 0 Å². The largest absolute Gasteiger partial charge is 0.453 e. The number of hydrogen-bond donors (Lipinski definition) is 1. The fourth-order valence-electron chi connectivity index (χ4n) is 3.77. The minimum absolute atomic E-state index is 0.203. The molecule has 1 fully saturated rings. The number of anilines is 1. The van der Waals surface area contributed by atoms with Gasteiger partial charge in [-0.1, -0.05) is 12.1 Å². The van der Waals surface area contributed by atoms with Crippen molar-refractivity contribution >= 4 is 34.2 Å². The van der Waals surface area contributed by atoms with Gasteiger partial charge in [-0.25, -0.2) is 9.97 Å². The zero-order chi connectivity index (χ0) is 19.3. The highest BCUT2D eigenvalue weighted by molar-refractivity contribution is 6.27. The van der Waals surface area contributed by atoms with Gasteiger partial charge in [-0.3, -0.25) is 24.6 Å². The number of aromatic nitrogens is 2. The number of ether oxygens (including phenoxy) is 1. The van der Waals surface area contributed by atoms with Crippen molar-refractivity contribution in [3.8, 4) is 11.5 Å². The summed E-state index contributed by atoms with van der Waals surface area (Å²) in [6, 6.07) is 8.18. The molecule has 138 valence electrons. The van der Waals surface area contributed by atoms with E-state index in [1.165, 1.54) is 11.2 Å². The third-order valence-corrected chi connectivity index (χ3v) is 4.97. The molecule has 8 nitrogen and oxygen atoms in total. The predicted octanol–water partition coefficient (Wildman–Crippen LogP) is 2.19. The Labute approximate surface area is 159 Å². The molecule has 28 heavy (non-hydrogen) atoms. The van der Waals surface area contributed by atoms with Crippen LogP contribution < -0.4 is 15.0 Å². The Morgan fingerprint density at radius 2 is 1.89 bits per heavy atom.